The SMILES string of the molecule is CN1C(=O)[C@H](N)N=C(c2ccccc2)c2cc([N+](=O)[O-])ccc21. The number of nitro benzene ring substituents is 1. The van der Waals surface area contributed by atoms with E-state index in [1.165, 1.54) is 17.0 Å². The zero-order chi connectivity index (χ0) is 16.6. The number of fused-ring (bicyclic) bond motifs is 1. The number of nitrogens with zero attached hydrogens (tertiary/aromatic N) is 3. The van der Waals surface area contributed by atoms with Gasteiger partial charge in [-0.05, 0) is 6.07 Å². The fraction of sp³-hybridized carbons (Fsp3) is 0.125. The van der Waals surface area contributed by atoms with Crippen LogP contribution in [-0.4, -0.2) is 29.8 Å². The predicted molar refractivity (Wildman–Crippen MR) is 86.6 cm³/mol. The van der Waals surface area contributed by atoms with Gasteiger partial charge in [0.2, 0.25) is 0 Å². The summed E-state index contributed by atoms with van der Waals surface area (Å²) in [6, 6.07) is 13.5. The van der Waals surface area contributed by atoms with Gasteiger partial charge in [0.05, 0.1) is 16.3 Å². The summed E-state index contributed by atoms with van der Waals surface area (Å²) in [4.78, 5) is 28.6. The summed E-state index contributed by atoms with van der Waals surface area (Å²) in [7, 11) is 1.58. The number of hydrogen-bond donors (Lipinski definition) is 1. The Morgan fingerprint density at radius 3 is 2.57 bits per heavy atom. The van der Waals surface area contributed by atoms with Crippen molar-refractivity contribution in [2.45, 2.75) is 6.17 Å². The van der Waals surface area contributed by atoms with Gasteiger partial charge in [0.1, 0.15) is 0 Å². The van der Waals surface area contributed by atoms with E-state index in [4.69, 9.17) is 5.73 Å². The Hall–Kier alpha value is -3.06. The van der Waals surface area contributed by atoms with E-state index in [1.54, 1.807) is 13.1 Å². The van der Waals surface area contributed by atoms with Crippen LogP contribution >= 0.6 is 0 Å². The molecule has 1 aliphatic rings. The van der Waals surface area contributed by atoms with Crippen LogP contribution in [0.15, 0.2) is 53.5 Å². The summed E-state index contributed by atoms with van der Waals surface area (Å²) in [5, 5.41) is 11.1. The summed E-state index contributed by atoms with van der Waals surface area (Å²) < 4.78 is 0. The average Bonchev–Trinajstić information content (AvgIpc) is 2.66. The van der Waals surface area contributed by atoms with Crippen molar-refractivity contribution in [3.05, 3.63) is 69.8 Å². The number of benzene rings is 2. The second kappa shape index (κ2) is 5.62. The van der Waals surface area contributed by atoms with Crippen molar-refractivity contribution in [1.82, 2.24) is 0 Å². The molecule has 0 aromatic heterocycles. The van der Waals surface area contributed by atoms with Crippen LogP contribution in [0.4, 0.5) is 11.4 Å². The van der Waals surface area contributed by atoms with Gasteiger partial charge in [-0.1, -0.05) is 30.3 Å². The third-order valence-corrected chi connectivity index (χ3v) is 3.71. The lowest BCUT2D eigenvalue weighted by Gasteiger charge is -2.18. The van der Waals surface area contributed by atoms with E-state index in [0.29, 0.717) is 17.0 Å². The van der Waals surface area contributed by atoms with Gasteiger partial charge < -0.3 is 10.6 Å². The van der Waals surface area contributed by atoms with Crippen molar-refractivity contribution in [2.24, 2.45) is 10.7 Å². The second-order valence-electron chi connectivity index (χ2n) is 5.14. The number of likely N-dealkylation sites (N-methyl/N-ethyl adjacent to an activating group) is 1. The van der Waals surface area contributed by atoms with Crippen LogP contribution < -0.4 is 10.6 Å². The zero-order valence-electron chi connectivity index (χ0n) is 12.3. The first-order valence-electron chi connectivity index (χ1n) is 6.94. The molecular formula is C16H14N4O3. The van der Waals surface area contributed by atoms with Gasteiger partial charge in [-0.3, -0.25) is 19.9 Å². The number of carbonyl (C=O) groups is 1. The van der Waals surface area contributed by atoms with E-state index in [2.05, 4.69) is 4.99 Å². The van der Waals surface area contributed by atoms with E-state index in [0.717, 1.165) is 5.56 Å². The van der Waals surface area contributed by atoms with Crippen molar-refractivity contribution in [2.75, 3.05) is 11.9 Å². The van der Waals surface area contributed by atoms with Crippen LogP contribution in [0.2, 0.25) is 0 Å². The molecule has 7 heteroatoms. The standard InChI is InChI=1S/C16H14N4O3/c1-19-13-8-7-11(20(22)23)9-12(13)14(18-15(17)16(19)21)10-5-3-2-4-6-10/h2-9,15H,17H2,1H3/t15-/m1/s1. The Morgan fingerprint density at radius 1 is 1.22 bits per heavy atom. The Labute approximate surface area is 132 Å². The number of amides is 1. The number of aliphatic imine (C=N–C) groups is 1. The number of hydrogen-bond acceptors (Lipinski definition) is 5. The molecule has 0 saturated carbocycles. The average molecular weight is 310 g/mol. The zero-order valence-corrected chi connectivity index (χ0v) is 12.3. The molecule has 0 unspecified atom stereocenters. The Morgan fingerprint density at radius 2 is 1.91 bits per heavy atom. The van der Waals surface area contributed by atoms with Crippen LogP contribution in [0.25, 0.3) is 0 Å². The summed E-state index contributed by atoms with van der Waals surface area (Å²) in [5.74, 6) is -0.369. The maximum absolute atomic E-state index is 12.3. The maximum Gasteiger partial charge on any atom is 0.270 e. The minimum absolute atomic E-state index is 0.0660. The molecule has 0 bridgehead atoms. The number of nitrogens with two attached hydrogens (primary N) is 1. The maximum atomic E-state index is 12.3. The highest BCUT2D eigenvalue weighted by Gasteiger charge is 2.28. The van der Waals surface area contributed by atoms with Gasteiger partial charge in [-0.15, -0.1) is 0 Å². The normalized spacial score (nSPS) is 17.3. The molecule has 2 aromatic carbocycles. The number of rotatable bonds is 2. The smallest absolute Gasteiger partial charge is 0.270 e. The molecule has 0 radical (unpaired) electrons. The monoisotopic (exact) mass is 310 g/mol. The number of non-ortho nitro benzene ring substituents is 1. The lowest BCUT2D eigenvalue weighted by Crippen LogP contribution is -2.39. The third kappa shape index (κ3) is 2.58. The Bertz CT molecular complexity index is 817. The molecule has 1 aliphatic heterocycles. The minimum atomic E-state index is -1.05. The highest BCUT2D eigenvalue weighted by atomic mass is 16.6. The molecular weight excluding hydrogens is 296 g/mol. The first kappa shape index (κ1) is 14.9. The molecule has 0 fully saturated rings. The van der Waals surface area contributed by atoms with Crippen LogP contribution in [0, 0.1) is 10.1 Å². The fourth-order valence-electron chi connectivity index (χ4n) is 2.53. The van der Waals surface area contributed by atoms with Crippen LogP contribution in [0.5, 0.6) is 0 Å². The molecule has 7 nitrogen and oxygen atoms in total. The first-order valence-corrected chi connectivity index (χ1v) is 6.94. The van der Waals surface area contributed by atoms with Gasteiger partial charge in [0.15, 0.2) is 6.17 Å². The number of benzodiazepines with no additional fused rings is 1. The molecule has 0 saturated heterocycles. The first-order chi connectivity index (χ1) is 11.0. The summed E-state index contributed by atoms with van der Waals surface area (Å²) in [6.45, 7) is 0. The number of anilines is 1. The van der Waals surface area contributed by atoms with Crippen molar-refractivity contribution in [3.8, 4) is 0 Å². The highest BCUT2D eigenvalue weighted by Crippen LogP contribution is 2.30. The minimum Gasteiger partial charge on any atom is -0.312 e. The lowest BCUT2D eigenvalue weighted by molar-refractivity contribution is -0.384. The summed E-state index contributed by atoms with van der Waals surface area (Å²) in [5.41, 5.74) is 8.05. The molecule has 116 valence electrons. The quantitative estimate of drug-likeness (QED) is 0.673. The number of carbonyl (C=O) groups excluding carboxylic acids is 1. The molecule has 0 aliphatic carbocycles. The molecule has 1 atom stereocenters. The summed E-state index contributed by atoms with van der Waals surface area (Å²) >= 11 is 0. The molecule has 3 rings (SSSR count). The van der Waals surface area contributed by atoms with E-state index >= 15 is 0 Å². The summed E-state index contributed by atoms with van der Waals surface area (Å²) in [6.07, 6.45) is -1.05. The lowest BCUT2D eigenvalue weighted by atomic mass is 9.99. The third-order valence-electron chi connectivity index (χ3n) is 3.71. The fourth-order valence-corrected chi connectivity index (χ4v) is 2.53. The van der Waals surface area contributed by atoms with E-state index in [9.17, 15) is 14.9 Å². The van der Waals surface area contributed by atoms with E-state index in [1.807, 2.05) is 30.3 Å². The van der Waals surface area contributed by atoms with Crippen molar-refractivity contribution in [1.29, 1.82) is 0 Å². The molecule has 2 N–H and O–H groups in total. The van der Waals surface area contributed by atoms with Crippen molar-refractivity contribution >= 4 is 23.0 Å². The number of nitro groups is 1. The Balaban J connectivity index is 2.28. The molecule has 2 aromatic rings. The van der Waals surface area contributed by atoms with Crippen LogP contribution in [0.1, 0.15) is 11.1 Å². The molecule has 23 heavy (non-hydrogen) atoms. The largest absolute Gasteiger partial charge is 0.312 e. The molecule has 1 heterocycles. The van der Waals surface area contributed by atoms with Crippen molar-refractivity contribution in [3.63, 3.8) is 0 Å². The van der Waals surface area contributed by atoms with Gasteiger partial charge in [0.25, 0.3) is 11.6 Å². The Kier molecular flexibility index (Phi) is 3.63. The molecule has 0 spiro atoms. The highest BCUT2D eigenvalue weighted by molar-refractivity contribution is 6.20. The van der Waals surface area contributed by atoms with Crippen LogP contribution in [0.3, 0.4) is 0 Å². The van der Waals surface area contributed by atoms with E-state index in [-0.39, 0.29) is 11.6 Å². The van der Waals surface area contributed by atoms with Crippen molar-refractivity contribution < 1.29 is 9.72 Å². The van der Waals surface area contributed by atoms with Gasteiger partial charge >= 0.3 is 0 Å². The van der Waals surface area contributed by atoms with Gasteiger partial charge in [0, 0.05) is 30.3 Å². The van der Waals surface area contributed by atoms with Gasteiger partial charge in [-0.2, -0.15) is 0 Å². The van der Waals surface area contributed by atoms with Crippen LogP contribution in [-0.2, 0) is 4.79 Å². The van der Waals surface area contributed by atoms with Gasteiger partial charge in [-0.25, -0.2) is 0 Å². The molecule has 1 amide bonds. The van der Waals surface area contributed by atoms with E-state index < -0.39 is 11.1 Å². The second-order valence-corrected chi connectivity index (χ2v) is 5.14. The predicted octanol–water partition coefficient (Wildman–Crippen LogP) is 1.69. The topological polar surface area (TPSA) is 102 Å².